The molecule has 126 valence electrons. The zero-order valence-electron chi connectivity index (χ0n) is 14.1. The first-order chi connectivity index (χ1) is 12.8. The summed E-state index contributed by atoms with van der Waals surface area (Å²) < 4.78 is 3.43. The van der Waals surface area contributed by atoms with Crippen LogP contribution in [0.4, 0.5) is 0 Å². The van der Waals surface area contributed by atoms with E-state index >= 15 is 0 Å². The van der Waals surface area contributed by atoms with Gasteiger partial charge in [0.15, 0.2) is 0 Å². The van der Waals surface area contributed by atoms with E-state index in [0.717, 1.165) is 16.7 Å². The number of nitrogens with zero attached hydrogens (tertiary/aromatic N) is 2. The van der Waals surface area contributed by atoms with Gasteiger partial charge in [0.05, 0.1) is 0 Å². The molecule has 0 radical (unpaired) electrons. The molecule has 0 N–H and O–H groups in total. The maximum atomic E-state index is 4.67. The lowest BCUT2D eigenvalue weighted by Gasteiger charge is -2.34. The molecule has 3 aromatic carbocycles. The van der Waals surface area contributed by atoms with Crippen molar-refractivity contribution in [3.8, 4) is 11.4 Å². The molecule has 1 aromatic heterocycles. The van der Waals surface area contributed by atoms with Gasteiger partial charge in [-0.1, -0.05) is 82.7 Å². The molecular weight excluding hydrogens is 384 g/mol. The Bertz CT molecular complexity index is 1070. The summed E-state index contributed by atoms with van der Waals surface area (Å²) >= 11 is 3.58. The number of imidazole rings is 1. The average molecular weight is 401 g/mol. The summed E-state index contributed by atoms with van der Waals surface area (Å²) in [6, 6.07) is 28.0. The van der Waals surface area contributed by atoms with Crippen molar-refractivity contribution in [3.05, 3.63) is 112 Å². The first kappa shape index (κ1) is 15.6. The van der Waals surface area contributed by atoms with Crippen molar-refractivity contribution in [1.82, 2.24) is 9.55 Å². The molecule has 26 heavy (non-hydrogen) atoms. The molecule has 3 heteroatoms. The van der Waals surface area contributed by atoms with E-state index in [4.69, 9.17) is 0 Å². The summed E-state index contributed by atoms with van der Waals surface area (Å²) in [6.07, 6.45) is 4.90. The summed E-state index contributed by atoms with van der Waals surface area (Å²) in [5.41, 5.74) is 4.83. The van der Waals surface area contributed by atoms with Gasteiger partial charge in [0.1, 0.15) is 11.4 Å². The van der Waals surface area contributed by atoms with Crippen molar-refractivity contribution in [3.63, 3.8) is 0 Å². The van der Waals surface area contributed by atoms with E-state index in [1.54, 1.807) is 0 Å². The first-order valence-electron chi connectivity index (χ1n) is 8.73. The van der Waals surface area contributed by atoms with Crippen LogP contribution in [0.1, 0.15) is 16.7 Å². The number of fused-ring (bicyclic) bond motifs is 3. The highest BCUT2D eigenvalue weighted by Crippen LogP contribution is 2.48. The van der Waals surface area contributed by atoms with Crippen molar-refractivity contribution in [2.24, 2.45) is 0 Å². The monoisotopic (exact) mass is 400 g/mol. The lowest BCUT2D eigenvalue weighted by Crippen LogP contribution is -2.35. The van der Waals surface area contributed by atoms with E-state index in [9.17, 15) is 0 Å². The fraction of sp³-hybridized carbons (Fsp3) is 0.0870. The Morgan fingerprint density at radius 1 is 0.846 bits per heavy atom. The Morgan fingerprint density at radius 3 is 2.38 bits per heavy atom. The Morgan fingerprint density at radius 2 is 1.58 bits per heavy atom. The topological polar surface area (TPSA) is 17.8 Å². The maximum Gasteiger partial charge on any atom is 0.141 e. The zero-order valence-corrected chi connectivity index (χ0v) is 15.7. The van der Waals surface area contributed by atoms with Crippen LogP contribution in [0.15, 0.2) is 95.7 Å². The van der Waals surface area contributed by atoms with Gasteiger partial charge < -0.3 is 4.57 Å². The maximum absolute atomic E-state index is 4.67. The largest absolute Gasteiger partial charge is 0.316 e. The quantitative estimate of drug-likeness (QED) is 0.433. The smallest absolute Gasteiger partial charge is 0.141 e. The van der Waals surface area contributed by atoms with Crippen LogP contribution in [-0.4, -0.2) is 9.55 Å². The predicted molar refractivity (Wildman–Crippen MR) is 108 cm³/mol. The second kappa shape index (κ2) is 5.96. The minimum absolute atomic E-state index is 0.287. The van der Waals surface area contributed by atoms with Gasteiger partial charge >= 0.3 is 0 Å². The van der Waals surface area contributed by atoms with Crippen molar-refractivity contribution < 1.29 is 0 Å². The summed E-state index contributed by atoms with van der Waals surface area (Å²) in [5, 5.41) is 0. The van der Waals surface area contributed by atoms with E-state index < -0.39 is 0 Å². The van der Waals surface area contributed by atoms with Crippen LogP contribution in [-0.2, 0) is 12.0 Å². The van der Waals surface area contributed by atoms with E-state index in [-0.39, 0.29) is 5.54 Å². The van der Waals surface area contributed by atoms with E-state index in [1.807, 2.05) is 6.20 Å². The number of rotatable bonds is 3. The lowest BCUT2D eigenvalue weighted by atomic mass is 9.78. The molecular formula is C23H17BrN2. The van der Waals surface area contributed by atoms with Crippen LogP contribution >= 0.6 is 15.9 Å². The van der Waals surface area contributed by atoms with E-state index in [2.05, 4.69) is 111 Å². The average Bonchev–Trinajstić information content (AvgIpc) is 3.26. The fourth-order valence-electron chi connectivity index (χ4n) is 4.17. The first-order valence-corrected chi connectivity index (χ1v) is 9.52. The van der Waals surface area contributed by atoms with Crippen molar-refractivity contribution in [2.45, 2.75) is 12.0 Å². The third kappa shape index (κ3) is 2.20. The van der Waals surface area contributed by atoms with E-state index in [1.165, 1.54) is 22.3 Å². The van der Waals surface area contributed by atoms with Crippen molar-refractivity contribution in [1.29, 1.82) is 0 Å². The van der Waals surface area contributed by atoms with Crippen molar-refractivity contribution in [2.75, 3.05) is 0 Å². The van der Waals surface area contributed by atoms with Gasteiger partial charge in [0.2, 0.25) is 0 Å². The Labute approximate surface area is 161 Å². The third-order valence-corrected chi connectivity index (χ3v) is 5.82. The SMILES string of the molecule is Brc1ccc([C@@]2(Cc3ccccc3)c3ccccc3-c3nccn32)cc1. The minimum atomic E-state index is -0.287. The van der Waals surface area contributed by atoms with Crippen LogP contribution in [0.5, 0.6) is 0 Å². The summed E-state index contributed by atoms with van der Waals surface area (Å²) in [5.74, 6) is 1.04. The molecule has 2 heterocycles. The van der Waals surface area contributed by atoms with Crippen LogP contribution in [0, 0.1) is 0 Å². The van der Waals surface area contributed by atoms with Crippen LogP contribution in [0.25, 0.3) is 11.4 Å². The lowest BCUT2D eigenvalue weighted by molar-refractivity contribution is 0.450. The molecule has 0 amide bonds. The van der Waals surface area contributed by atoms with Gasteiger partial charge in [-0.15, -0.1) is 0 Å². The van der Waals surface area contributed by atoms with Gasteiger partial charge in [-0.25, -0.2) is 4.98 Å². The number of aromatic nitrogens is 2. The van der Waals surface area contributed by atoms with Gasteiger partial charge in [-0.2, -0.15) is 0 Å². The van der Waals surface area contributed by atoms with Gasteiger partial charge in [0, 0.05) is 28.9 Å². The Kier molecular flexibility index (Phi) is 3.57. The number of hydrogen-bond acceptors (Lipinski definition) is 1. The molecule has 0 unspecified atom stereocenters. The standard InChI is InChI=1S/C23H17BrN2/c24-19-12-10-18(11-13-19)23(16-17-6-2-1-3-7-17)21-9-5-4-8-20(21)22-25-14-15-26(22)23/h1-15H,16H2/t23-/m0/s1. The summed E-state index contributed by atoms with van der Waals surface area (Å²) in [4.78, 5) is 4.67. The molecule has 0 aliphatic carbocycles. The second-order valence-electron chi connectivity index (χ2n) is 6.70. The summed E-state index contributed by atoms with van der Waals surface area (Å²) in [6.45, 7) is 0. The molecule has 4 aromatic rings. The molecule has 0 saturated carbocycles. The number of hydrogen-bond donors (Lipinski definition) is 0. The molecule has 0 saturated heterocycles. The number of halogens is 1. The molecule has 0 spiro atoms. The molecule has 1 aliphatic rings. The fourth-order valence-corrected chi connectivity index (χ4v) is 4.44. The molecule has 0 bridgehead atoms. The highest BCUT2D eigenvalue weighted by molar-refractivity contribution is 9.10. The molecule has 1 atom stereocenters. The van der Waals surface area contributed by atoms with E-state index in [0.29, 0.717) is 0 Å². The summed E-state index contributed by atoms with van der Waals surface area (Å²) in [7, 11) is 0. The van der Waals surface area contributed by atoms with Gasteiger partial charge in [0.25, 0.3) is 0 Å². The second-order valence-corrected chi connectivity index (χ2v) is 7.61. The normalized spacial score (nSPS) is 17.7. The molecule has 1 aliphatic heterocycles. The molecule has 0 fully saturated rings. The van der Waals surface area contributed by atoms with Crippen LogP contribution in [0.3, 0.4) is 0 Å². The predicted octanol–water partition coefficient (Wildman–Crippen LogP) is 5.66. The van der Waals surface area contributed by atoms with Gasteiger partial charge in [-0.3, -0.25) is 0 Å². The number of benzene rings is 3. The Balaban J connectivity index is 1.82. The van der Waals surface area contributed by atoms with Crippen molar-refractivity contribution >= 4 is 15.9 Å². The zero-order chi connectivity index (χ0) is 17.6. The highest BCUT2D eigenvalue weighted by Gasteiger charge is 2.44. The molecule has 5 rings (SSSR count). The van der Waals surface area contributed by atoms with Gasteiger partial charge in [-0.05, 0) is 28.8 Å². The van der Waals surface area contributed by atoms with Crippen LogP contribution in [0.2, 0.25) is 0 Å². The minimum Gasteiger partial charge on any atom is -0.316 e. The third-order valence-electron chi connectivity index (χ3n) is 5.29. The molecule has 2 nitrogen and oxygen atoms in total. The van der Waals surface area contributed by atoms with Crippen LogP contribution < -0.4 is 0 Å². The Hall–Kier alpha value is -2.65. The highest BCUT2D eigenvalue weighted by atomic mass is 79.9.